The van der Waals surface area contributed by atoms with Crippen LogP contribution in [0.25, 0.3) is 0 Å². The highest BCUT2D eigenvalue weighted by Gasteiger charge is 2.27. The fourth-order valence-electron chi connectivity index (χ4n) is 2.21. The number of hydrogen-bond acceptors (Lipinski definition) is 3. The van der Waals surface area contributed by atoms with Gasteiger partial charge in [-0.15, -0.1) is 0 Å². The van der Waals surface area contributed by atoms with E-state index in [1.54, 1.807) is 6.92 Å². The molecule has 1 amide bonds. The molecule has 2 N–H and O–H groups in total. The van der Waals surface area contributed by atoms with Crippen LogP contribution in [0.5, 0.6) is 0 Å². The summed E-state index contributed by atoms with van der Waals surface area (Å²) in [6.07, 6.45) is -0.525. The van der Waals surface area contributed by atoms with Crippen LogP contribution in [-0.4, -0.2) is 30.1 Å². The summed E-state index contributed by atoms with van der Waals surface area (Å²) >= 11 is 0. The maximum atomic E-state index is 11.6. The molecule has 2 atom stereocenters. The molecular formula is C13H18N2O2. The molecule has 1 heterocycles. The highest BCUT2D eigenvalue weighted by Crippen LogP contribution is 2.28. The largest absolute Gasteiger partial charge is 0.389 e. The van der Waals surface area contributed by atoms with Crippen LogP contribution in [0.15, 0.2) is 24.3 Å². The van der Waals surface area contributed by atoms with Crippen molar-refractivity contribution in [3.05, 3.63) is 29.8 Å². The molecule has 1 saturated heterocycles. The SMILES string of the molecule is CC1C(=O)NCCN1c1ccccc1[C@H](C)O. The van der Waals surface area contributed by atoms with Gasteiger partial charge in [0.15, 0.2) is 0 Å². The summed E-state index contributed by atoms with van der Waals surface area (Å²) < 4.78 is 0. The topological polar surface area (TPSA) is 52.6 Å². The molecule has 92 valence electrons. The first-order valence-electron chi connectivity index (χ1n) is 5.92. The Hall–Kier alpha value is -1.55. The van der Waals surface area contributed by atoms with Crippen LogP contribution in [0, 0.1) is 0 Å². The number of para-hydroxylation sites is 1. The average Bonchev–Trinajstić information content (AvgIpc) is 2.33. The average molecular weight is 234 g/mol. The van der Waals surface area contributed by atoms with E-state index >= 15 is 0 Å². The monoisotopic (exact) mass is 234 g/mol. The lowest BCUT2D eigenvalue weighted by molar-refractivity contribution is -0.122. The Morgan fingerprint density at radius 1 is 1.47 bits per heavy atom. The normalized spacial score (nSPS) is 22.2. The van der Waals surface area contributed by atoms with E-state index in [1.165, 1.54) is 0 Å². The van der Waals surface area contributed by atoms with Crippen molar-refractivity contribution in [1.82, 2.24) is 5.32 Å². The predicted octanol–water partition coefficient (Wildman–Crippen LogP) is 1.06. The molecule has 2 rings (SSSR count). The van der Waals surface area contributed by atoms with Crippen LogP contribution in [-0.2, 0) is 4.79 Å². The molecule has 1 aromatic rings. The Balaban J connectivity index is 2.36. The minimum atomic E-state index is -0.525. The lowest BCUT2D eigenvalue weighted by Gasteiger charge is -2.36. The molecule has 1 aliphatic rings. The minimum absolute atomic E-state index is 0.0386. The highest BCUT2D eigenvalue weighted by molar-refractivity contribution is 5.86. The zero-order valence-corrected chi connectivity index (χ0v) is 10.2. The van der Waals surface area contributed by atoms with Crippen LogP contribution in [0.1, 0.15) is 25.5 Å². The molecule has 4 heteroatoms. The van der Waals surface area contributed by atoms with E-state index in [9.17, 15) is 9.90 Å². The lowest BCUT2D eigenvalue weighted by Crippen LogP contribution is -2.54. The summed E-state index contributed by atoms with van der Waals surface area (Å²) in [6.45, 7) is 5.05. The fraction of sp³-hybridized carbons (Fsp3) is 0.462. The van der Waals surface area contributed by atoms with Crippen LogP contribution < -0.4 is 10.2 Å². The summed E-state index contributed by atoms with van der Waals surface area (Å²) in [5.74, 6) is 0.0386. The zero-order chi connectivity index (χ0) is 12.4. The van der Waals surface area contributed by atoms with Gasteiger partial charge in [-0.2, -0.15) is 0 Å². The second kappa shape index (κ2) is 4.75. The molecule has 4 nitrogen and oxygen atoms in total. The van der Waals surface area contributed by atoms with Gasteiger partial charge in [0, 0.05) is 24.3 Å². The van der Waals surface area contributed by atoms with Crippen LogP contribution in [0.2, 0.25) is 0 Å². The lowest BCUT2D eigenvalue weighted by atomic mass is 10.0. The number of rotatable bonds is 2. The summed E-state index contributed by atoms with van der Waals surface area (Å²) in [5, 5.41) is 12.6. The minimum Gasteiger partial charge on any atom is -0.389 e. The number of carbonyl (C=O) groups is 1. The molecule has 0 radical (unpaired) electrons. The van der Waals surface area contributed by atoms with Crippen molar-refractivity contribution in [2.45, 2.75) is 26.0 Å². The summed E-state index contributed by atoms with van der Waals surface area (Å²) in [7, 11) is 0. The second-order valence-corrected chi connectivity index (χ2v) is 4.40. The van der Waals surface area contributed by atoms with Gasteiger partial charge in [-0.3, -0.25) is 4.79 Å². The molecule has 17 heavy (non-hydrogen) atoms. The van der Waals surface area contributed by atoms with Crippen molar-refractivity contribution in [3.8, 4) is 0 Å². The van der Waals surface area contributed by atoms with Gasteiger partial charge in [0.2, 0.25) is 5.91 Å². The van der Waals surface area contributed by atoms with E-state index in [0.29, 0.717) is 6.54 Å². The maximum absolute atomic E-state index is 11.6. The number of nitrogens with one attached hydrogen (secondary N) is 1. The molecule has 1 fully saturated rings. The summed E-state index contributed by atoms with van der Waals surface area (Å²) in [4.78, 5) is 13.7. The van der Waals surface area contributed by atoms with Gasteiger partial charge in [-0.1, -0.05) is 18.2 Å². The molecule has 0 aliphatic carbocycles. The third kappa shape index (κ3) is 2.26. The van der Waals surface area contributed by atoms with Crippen molar-refractivity contribution in [2.24, 2.45) is 0 Å². The number of hydrogen-bond donors (Lipinski definition) is 2. The molecule has 1 aromatic carbocycles. The molecule has 0 aromatic heterocycles. The number of nitrogens with zero attached hydrogens (tertiary/aromatic N) is 1. The van der Waals surface area contributed by atoms with E-state index in [2.05, 4.69) is 5.32 Å². The van der Waals surface area contributed by atoms with Crippen LogP contribution >= 0.6 is 0 Å². The van der Waals surface area contributed by atoms with E-state index in [4.69, 9.17) is 0 Å². The predicted molar refractivity (Wildman–Crippen MR) is 66.9 cm³/mol. The standard InChI is InChI=1S/C13H18N2O2/c1-9-13(17)14-7-8-15(9)12-6-4-3-5-11(12)10(2)16/h3-6,9-10,16H,7-8H2,1-2H3,(H,14,17)/t9?,10-/m0/s1. The number of benzene rings is 1. The van der Waals surface area contributed by atoms with E-state index in [-0.39, 0.29) is 11.9 Å². The Morgan fingerprint density at radius 3 is 2.88 bits per heavy atom. The van der Waals surface area contributed by atoms with Crippen molar-refractivity contribution in [2.75, 3.05) is 18.0 Å². The van der Waals surface area contributed by atoms with Gasteiger partial charge in [0.1, 0.15) is 6.04 Å². The van der Waals surface area contributed by atoms with E-state index < -0.39 is 6.10 Å². The Kier molecular flexibility index (Phi) is 3.33. The van der Waals surface area contributed by atoms with Gasteiger partial charge < -0.3 is 15.3 Å². The van der Waals surface area contributed by atoms with E-state index in [0.717, 1.165) is 17.8 Å². The number of amides is 1. The molecule has 0 saturated carbocycles. The van der Waals surface area contributed by atoms with Crippen molar-refractivity contribution < 1.29 is 9.90 Å². The number of carbonyl (C=O) groups excluding carboxylic acids is 1. The second-order valence-electron chi connectivity index (χ2n) is 4.40. The van der Waals surface area contributed by atoms with Crippen LogP contribution in [0.4, 0.5) is 5.69 Å². The summed E-state index contributed by atoms with van der Waals surface area (Å²) in [5.41, 5.74) is 1.82. The quantitative estimate of drug-likeness (QED) is 0.804. The van der Waals surface area contributed by atoms with Gasteiger partial charge >= 0.3 is 0 Å². The van der Waals surface area contributed by atoms with E-state index in [1.807, 2.05) is 36.1 Å². The Labute approximate surface area is 101 Å². The van der Waals surface area contributed by atoms with Gasteiger partial charge in [0.25, 0.3) is 0 Å². The number of anilines is 1. The molecule has 0 spiro atoms. The Morgan fingerprint density at radius 2 is 2.18 bits per heavy atom. The molecule has 1 unspecified atom stereocenters. The maximum Gasteiger partial charge on any atom is 0.242 e. The van der Waals surface area contributed by atoms with Crippen molar-refractivity contribution in [3.63, 3.8) is 0 Å². The third-order valence-corrected chi connectivity index (χ3v) is 3.20. The van der Waals surface area contributed by atoms with Crippen LogP contribution in [0.3, 0.4) is 0 Å². The molecule has 1 aliphatic heterocycles. The van der Waals surface area contributed by atoms with Crippen molar-refractivity contribution in [1.29, 1.82) is 0 Å². The van der Waals surface area contributed by atoms with Crippen molar-refractivity contribution >= 4 is 11.6 Å². The number of aliphatic hydroxyl groups excluding tert-OH is 1. The summed E-state index contributed by atoms with van der Waals surface area (Å²) in [6, 6.07) is 7.50. The first kappa shape index (κ1) is 11.9. The first-order valence-corrected chi connectivity index (χ1v) is 5.92. The first-order chi connectivity index (χ1) is 8.11. The smallest absolute Gasteiger partial charge is 0.242 e. The molecular weight excluding hydrogens is 216 g/mol. The highest BCUT2D eigenvalue weighted by atomic mass is 16.3. The fourth-order valence-corrected chi connectivity index (χ4v) is 2.21. The number of piperazine rings is 1. The zero-order valence-electron chi connectivity index (χ0n) is 10.2. The number of aliphatic hydroxyl groups is 1. The third-order valence-electron chi connectivity index (χ3n) is 3.20. The van der Waals surface area contributed by atoms with Gasteiger partial charge in [-0.25, -0.2) is 0 Å². The van der Waals surface area contributed by atoms with Gasteiger partial charge in [0.05, 0.1) is 6.10 Å². The Bertz CT molecular complexity index is 418. The van der Waals surface area contributed by atoms with Gasteiger partial charge in [-0.05, 0) is 19.9 Å². The molecule has 0 bridgehead atoms.